The van der Waals surface area contributed by atoms with Gasteiger partial charge in [-0.3, -0.25) is 0 Å². The summed E-state index contributed by atoms with van der Waals surface area (Å²) in [6.45, 7) is 1.59. The van der Waals surface area contributed by atoms with Gasteiger partial charge in [-0.15, -0.1) is 11.3 Å². The Morgan fingerprint density at radius 2 is 2.00 bits per heavy atom. The number of hydrogen-bond acceptors (Lipinski definition) is 5. The number of para-hydroxylation sites is 3. The summed E-state index contributed by atoms with van der Waals surface area (Å²) in [5, 5.41) is 4.03. The van der Waals surface area contributed by atoms with Gasteiger partial charge in [0.2, 0.25) is 0 Å². The van der Waals surface area contributed by atoms with Crippen LogP contribution in [0.15, 0.2) is 48.5 Å². The lowest BCUT2D eigenvalue weighted by molar-refractivity contribution is 0.0898. The number of aromatic nitrogens is 1. The summed E-state index contributed by atoms with van der Waals surface area (Å²) in [6, 6.07) is 15.7. The number of nitrogens with zero attached hydrogens (tertiary/aromatic N) is 2. The van der Waals surface area contributed by atoms with Crippen LogP contribution >= 0.6 is 11.3 Å². The number of carbonyl (C=O) groups excluding carboxylic acids is 1. The number of rotatable bonds is 3. The smallest absolute Gasteiger partial charge is 0.318 e. The molecule has 144 valence electrons. The fraction of sp³-hybridized carbons (Fsp3) is 0.333. The van der Waals surface area contributed by atoms with Gasteiger partial charge in [0.1, 0.15) is 11.6 Å². The van der Waals surface area contributed by atoms with E-state index in [-0.39, 0.29) is 18.2 Å². The van der Waals surface area contributed by atoms with Gasteiger partial charge in [-0.2, -0.15) is 0 Å². The molecule has 2 aromatic carbocycles. The van der Waals surface area contributed by atoms with Gasteiger partial charge in [0.05, 0.1) is 22.8 Å². The van der Waals surface area contributed by atoms with Crippen LogP contribution in [0.25, 0.3) is 10.2 Å². The Morgan fingerprint density at radius 3 is 2.89 bits per heavy atom. The highest BCUT2D eigenvalue weighted by Gasteiger charge is 2.33. The van der Waals surface area contributed by atoms with Crippen LogP contribution in [0.5, 0.6) is 11.5 Å². The van der Waals surface area contributed by atoms with E-state index < -0.39 is 0 Å². The number of carbonyl (C=O) groups is 1. The predicted octanol–water partition coefficient (Wildman–Crippen LogP) is 3.98. The maximum atomic E-state index is 12.8. The topological polar surface area (TPSA) is 63.7 Å². The third-order valence-corrected chi connectivity index (χ3v) is 6.30. The second kappa shape index (κ2) is 7.31. The van der Waals surface area contributed by atoms with Gasteiger partial charge in [0.25, 0.3) is 0 Å². The Hall–Kier alpha value is -2.80. The first kappa shape index (κ1) is 17.3. The molecule has 0 aliphatic carbocycles. The van der Waals surface area contributed by atoms with E-state index in [1.165, 1.54) is 0 Å². The number of likely N-dealkylation sites (tertiary alicyclic amines) is 1. The molecular weight excluding hydrogens is 374 g/mol. The lowest BCUT2D eigenvalue weighted by Gasteiger charge is -2.28. The molecule has 0 spiro atoms. The molecule has 7 heteroatoms. The number of urea groups is 1. The molecule has 2 aliphatic rings. The highest BCUT2D eigenvalue weighted by Crippen LogP contribution is 2.36. The fourth-order valence-electron chi connectivity index (χ4n) is 3.77. The van der Waals surface area contributed by atoms with Gasteiger partial charge in [0, 0.05) is 6.54 Å². The number of amides is 2. The van der Waals surface area contributed by atoms with Crippen molar-refractivity contribution in [3.63, 3.8) is 0 Å². The van der Waals surface area contributed by atoms with Gasteiger partial charge < -0.3 is 19.7 Å². The van der Waals surface area contributed by atoms with E-state index >= 15 is 0 Å². The summed E-state index contributed by atoms with van der Waals surface area (Å²) >= 11 is 1.68. The van der Waals surface area contributed by atoms with Crippen LogP contribution in [0.4, 0.5) is 4.79 Å². The van der Waals surface area contributed by atoms with Gasteiger partial charge in [0.15, 0.2) is 17.6 Å². The first-order chi connectivity index (χ1) is 13.8. The quantitative estimate of drug-likeness (QED) is 0.729. The molecular formula is C21H21N3O3S. The van der Waals surface area contributed by atoms with E-state index in [2.05, 4.69) is 11.4 Å². The minimum absolute atomic E-state index is 0.0432. The maximum absolute atomic E-state index is 12.8. The van der Waals surface area contributed by atoms with E-state index in [9.17, 15) is 4.79 Å². The minimum Gasteiger partial charge on any atom is -0.486 e. The van der Waals surface area contributed by atoms with Crippen molar-refractivity contribution in [1.29, 1.82) is 0 Å². The molecule has 2 aliphatic heterocycles. The molecule has 3 aromatic rings. The van der Waals surface area contributed by atoms with Crippen molar-refractivity contribution in [3.05, 3.63) is 53.5 Å². The zero-order valence-corrected chi connectivity index (χ0v) is 16.2. The van der Waals surface area contributed by atoms with Crippen LogP contribution in [0.2, 0.25) is 0 Å². The first-order valence-corrected chi connectivity index (χ1v) is 10.4. The summed E-state index contributed by atoms with van der Waals surface area (Å²) < 4.78 is 12.8. The molecule has 1 fully saturated rings. The highest BCUT2D eigenvalue weighted by atomic mass is 32.1. The number of nitrogens with one attached hydrogen (secondary N) is 1. The maximum Gasteiger partial charge on any atom is 0.318 e. The average molecular weight is 395 g/mol. The van der Waals surface area contributed by atoms with E-state index in [4.69, 9.17) is 14.5 Å². The summed E-state index contributed by atoms with van der Waals surface area (Å²) in [4.78, 5) is 19.5. The molecule has 0 radical (unpaired) electrons. The van der Waals surface area contributed by atoms with Crippen LogP contribution in [-0.2, 0) is 0 Å². The lowest BCUT2D eigenvalue weighted by Crippen LogP contribution is -2.46. The predicted molar refractivity (Wildman–Crippen MR) is 108 cm³/mol. The fourth-order valence-corrected chi connectivity index (χ4v) is 4.88. The summed E-state index contributed by atoms with van der Waals surface area (Å²) in [5.41, 5.74) is 1.00. The largest absolute Gasteiger partial charge is 0.486 e. The minimum atomic E-state index is -0.192. The molecule has 1 saturated heterocycles. The van der Waals surface area contributed by atoms with Gasteiger partial charge in [-0.25, -0.2) is 9.78 Å². The Morgan fingerprint density at radius 1 is 1.18 bits per heavy atom. The molecule has 6 nitrogen and oxygen atoms in total. The van der Waals surface area contributed by atoms with Crippen molar-refractivity contribution in [2.75, 3.05) is 19.7 Å². The van der Waals surface area contributed by atoms with Gasteiger partial charge in [-0.05, 0) is 37.1 Å². The molecule has 28 heavy (non-hydrogen) atoms. The van der Waals surface area contributed by atoms with Crippen molar-refractivity contribution >= 4 is 27.6 Å². The third kappa shape index (κ3) is 3.26. The molecule has 2 amide bonds. The Balaban J connectivity index is 1.23. The van der Waals surface area contributed by atoms with Gasteiger partial charge in [-0.1, -0.05) is 24.3 Å². The standard InChI is InChI=1S/C21H21N3O3S/c25-21(22-12-14-13-26-17-8-2-3-9-18(17)27-14)24-11-5-7-16(24)20-23-15-6-1-4-10-19(15)28-20/h1-4,6,8-10,14,16H,5,7,11-13H2,(H,22,25)/t14-,16-/m1/s1. The van der Waals surface area contributed by atoms with E-state index in [1.807, 2.05) is 47.4 Å². The van der Waals surface area contributed by atoms with Crippen molar-refractivity contribution < 1.29 is 14.3 Å². The lowest BCUT2D eigenvalue weighted by atomic mass is 10.2. The Bertz CT molecular complexity index is 972. The molecule has 0 saturated carbocycles. The molecule has 3 heterocycles. The molecule has 2 atom stereocenters. The SMILES string of the molecule is O=C(NC[C@@H]1COc2ccccc2O1)N1CCC[C@@H]1c1nc2ccccc2s1. The van der Waals surface area contributed by atoms with Crippen LogP contribution in [0.1, 0.15) is 23.9 Å². The highest BCUT2D eigenvalue weighted by molar-refractivity contribution is 7.18. The molecule has 0 bridgehead atoms. The number of ether oxygens (including phenoxy) is 2. The number of fused-ring (bicyclic) bond motifs is 2. The van der Waals surface area contributed by atoms with E-state index in [0.29, 0.717) is 13.2 Å². The van der Waals surface area contributed by atoms with Crippen molar-refractivity contribution in [1.82, 2.24) is 15.2 Å². The Labute approximate surface area is 167 Å². The van der Waals surface area contributed by atoms with Crippen molar-refractivity contribution in [2.24, 2.45) is 0 Å². The second-order valence-electron chi connectivity index (χ2n) is 7.05. The first-order valence-electron chi connectivity index (χ1n) is 9.56. The number of benzene rings is 2. The zero-order chi connectivity index (χ0) is 18.9. The number of hydrogen-bond donors (Lipinski definition) is 1. The normalized spacial score (nSPS) is 21.1. The van der Waals surface area contributed by atoms with Crippen molar-refractivity contribution in [2.45, 2.75) is 25.0 Å². The van der Waals surface area contributed by atoms with Crippen LogP contribution in [0.3, 0.4) is 0 Å². The molecule has 1 N–H and O–H groups in total. The van der Waals surface area contributed by atoms with Gasteiger partial charge >= 0.3 is 6.03 Å². The average Bonchev–Trinajstić information content (AvgIpc) is 3.38. The summed E-state index contributed by atoms with van der Waals surface area (Å²) in [6.07, 6.45) is 1.75. The Kier molecular flexibility index (Phi) is 4.52. The van der Waals surface area contributed by atoms with Crippen LogP contribution in [-0.4, -0.2) is 41.7 Å². The molecule has 5 rings (SSSR count). The molecule has 0 unspecified atom stereocenters. The zero-order valence-electron chi connectivity index (χ0n) is 15.3. The monoisotopic (exact) mass is 395 g/mol. The summed E-state index contributed by atoms with van der Waals surface area (Å²) in [5.74, 6) is 1.47. The van der Waals surface area contributed by atoms with E-state index in [0.717, 1.165) is 46.1 Å². The third-order valence-electron chi connectivity index (χ3n) is 5.16. The van der Waals surface area contributed by atoms with Crippen molar-refractivity contribution in [3.8, 4) is 11.5 Å². The van der Waals surface area contributed by atoms with Crippen LogP contribution < -0.4 is 14.8 Å². The number of thiazole rings is 1. The second-order valence-corrected chi connectivity index (χ2v) is 8.12. The van der Waals surface area contributed by atoms with E-state index in [1.54, 1.807) is 11.3 Å². The molecule has 1 aromatic heterocycles. The van der Waals surface area contributed by atoms with Crippen LogP contribution in [0, 0.1) is 0 Å². The summed E-state index contributed by atoms with van der Waals surface area (Å²) in [7, 11) is 0.